The first-order chi connectivity index (χ1) is 25.4. The summed E-state index contributed by atoms with van der Waals surface area (Å²) in [5.41, 5.74) is -0.528. The maximum Gasteiger partial charge on any atom is 0.299 e. The normalized spacial score (nSPS) is 11.4. The second-order valence-electron chi connectivity index (χ2n) is 10.8. The Morgan fingerprint density at radius 3 is 1.08 bits per heavy atom. The monoisotopic (exact) mass is 753 g/mol. The molecule has 1 N–H and O–H groups in total. The van der Waals surface area contributed by atoms with Gasteiger partial charge in [-0.05, 0) is 19.9 Å². The molecule has 0 atom stereocenters. The smallest absolute Gasteiger partial charge is 0.299 e. The molecule has 0 amide bonds. The second-order valence-corrected chi connectivity index (χ2v) is 10.8. The summed E-state index contributed by atoms with van der Waals surface area (Å²) in [6.07, 6.45) is 0.219. The van der Waals surface area contributed by atoms with Gasteiger partial charge in [0.25, 0.3) is 11.4 Å². The van der Waals surface area contributed by atoms with Crippen molar-refractivity contribution in [1.82, 2.24) is 0 Å². The number of hydrogen-bond donors (Lipinski definition) is 1. The Labute approximate surface area is 306 Å². The van der Waals surface area contributed by atoms with Crippen LogP contribution in [0.5, 0.6) is 0 Å². The molecule has 0 radical (unpaired) electrons. The molecule has 0 heterocycles. The quantitative estimate of drug-likeness (QED) is 0.0580. The molecule has 0 spiro atoms. The molecule has 1 aromatic rings. The third kappa shape index (κ3) is 29.9. The maximum absolute atomic E-state index is 11.1. The minimum Gasteiger partial charge on any atom is -0.377 e. The minimum absolute atomic E-state index is 0.185. The van der Waals surface area contributed by atoms with Gasteiger partial charge in [-0.15, -0.1) is 0 Å². The lowest BCUT2D eigenvalue weighted by Crippen LogP contribution is -2.16. The molecule has 1 aromatic carbocycles. The average molecular weight is 754 g/mol. The lowest BCUT2D eigenvalue weighted by molar-refractivity contribution is -0.393. The van der Waals surface area contributed by atoms with Gasteiger partial charge in [-0.1, -0.05) is 0 Å². The van der Waals surface area contributed by atoms with E-state index in [0.29, 0.717) is 145 Å². The second kappa shape index (κ2) is 35.4. The van der Waals surface area contributed by atoms with Gasteiger partial charge in [0.15, 0.2) is 0 Å². The van der Waals surface area contributed by atoms with E-state index in [2.05, 4.69) is 5.32 Å². The van der Waals surface area contributed by atoms with Crippen molar-refractivity contribution >= 4 is 17.1 Å². The molecule has 0 aromatic heterocycles. The van der Waals surface area contributed by atoms with E-state index in [0.717, 1.165) is 6.07 Å². The van der Waals surface area contributed by atoms with Crippen molar-refractivity contribution in [3.8, 4) is 0 Å². The lowest BCUT2D eigenvalue weighted by atomic mass is 10.2. The zero-order valence-electron chi connectivity index (χ0n) is 30.7. The third-order valence-electron chi connectivity index (χ3n) is 6.35. The molecule has 0 aliphatic carbocycles. The molecule has 302 valence electrons. The fraction of sp³-hybridized carbons (Fsp3) is 0.818. The summed E-state index contributed by atoms with van der Waals surface area (Å²) >= 11 is 0. The predicted octanol–water partition coefficient (Wildman–Crippen LogP) is 2.52. The summed E-state index contributed by atoms with van der Waals surface area (Å²) in [6, 6.07) is 3.43. The number of nitrogens with one attached hydrogen (secondary N) is 1. The van der Waals surface area contributed by atoms with Crippen LogP contribution in [0.15, 0.2) is 18.2 Å². The molecule has 0 aliphatic heterocycles. The van der Waals surface area contributed by atoms with Gasteiger partial charge in [0.1, 0.15) is 5.69 Å². The average Bonchev–Trinajstić information content (AvgIpc) is 3.12. The Balaban J connectivity index is 1.70. The van der Waals surface area contributed by atoms with Crippen LogP contribution in [0.1, 0.15) is 13.8 Å². The van der Waals surface area contributed by atoms with Crippen molar-refractivity contribution in [2.45, 2.75) is 20.0 Å². The van der Waals surface area contributed by atoms with E-state index < -0.39 is 9.85 Å². The summed E-state index contributed by atoms with van der Waals surface area (Å²) in [7, 11) is 0. The van der Waals surface area contributed by atoms with Gasteiger partial charge in [-0.3, -0.25) is 20.2 Å². The van der Waals surface area contributed by atoms with Crippen LogP contribution in [0.2, 0.25) is 0 Å². The lowest BCUT2D eigenvalue weighted by Gasteiger charge is -2.09. The Kier molecular flexibility index (Phi) is 32.2. The molecular formula is C33H59N3O16. The number of nitro benzene ring substituents is 2. The molecule has 0 saturated carbocycles. The van der Waals surface area contributed by atoms with Gasteiger partial charge < -0.3 is 62.2 Å². The number of benzene rings is 1. The highest BCUT2D eigenvalue weighted by molar-refractivity contribution is 5.65. The molecule has 19 nitrogen and oxygen atoms in total. The molecule has 0 bridgehead atoms. The first-order valence-corrected chi connectivity index (χ1v) is 17.5. The fourth-order valence-corrected chi connectivity index (χ4v) is 3.84. The Hall–Kier alpha value is -2.66. The van der Waals surface area contributed by atoms with E-state index >= 15 is 0 Å². The summed E-state index contributed by atoms with van der Waals surface area (Å²) in [5.74, 6) is 0. The molecule has 19 heteroatoms. The predicted molar refractivity (Wildman–Crippen MR) is 188 cm³/mol. The maximum atomic E-state index is 11.1. The van der Waals surface area contributed by atoms with Crippen molar-refractivity contribution in [3.63, 3.8) is 0 Å². The van der Waals surface area contributed by atoms with Crippen LogP contribution in [0.4, 0.5) is 17.1 Å². The van der Waals surface area contributed by atoms with E-state index in [4.69, 9.17) is 56.8 Å². The summed E-state index contributed by atoms with van der Waals surface area (Å²) in [4.78, 5) is 20.6. The molecule has 52 heavy (non-hydrogen) atoms. The molecule has 0 unspecified atom stereocenters. The van der Waals surface area contributed by atoms with Crippen molar-refractivity contribution in [1.29, 1.82) is 0 Å². The number of ether oxygens (including phenoxy) is 12. The van der Waals surface area contributed by atoms with Crippen LogP contribution in [-0.2, 0) is 56.8 Å². The van der Waals surface area contributed by atoms with E-state index in [1.807, 2.05) is 13.8 Å². The first kappa shape index (κ1) is 47.4. The molecule has 0 saturated heterocycles. The summed E-state index contributed by atoms with van der Waals surface area (Å²) < 4.78 is 65.3. The number of anilines is 1. The van der Waals surface area contributed by atoms with Crippen molar-refractivity contribution < 1.29 is 66.7 Å². The molecule has 0 aliphatic rings. The van der Waals surface area contributed by atoms with Crippen LogP contribution in [-0.4, -0.2) is 174 Å². The minimum atomic E-state index is -0.681. The standard InChI is InChI=1S/C33H59N3O16/c1-30(2)52-28-27-51-26-25-50-24-23-49-22-21-48-20-19-47-18-17-46-16-15-45-14-13-44-12-11-43-10-9-42-8-7-41-6-5-34-32-4-3-31(35(37)38)29-33(32)36(39)40/h3-4,29-30,34H,5-28H2,1-2H3. The first-order valence-electron chi connectivity index (χ1n) is 17.5. The van der Waals surface area contributed by atoms with E-state index in [9.17, 15) is 20.2 Å². The van der Waals surface area contributed by atoms with Crippen LogP contribution in [0.25, 0.3) is 0 Å². The highest BCUT2D eigenvalue weighted by Gasteiger charge is 2.19. The highest BCUT2D eigenvalue weighted by atomic mass is 16.6. The Morgan fingerprint density at radius 1 is 0.481 bits per heavy atom. The number of hydrogen-bond acceptors (Lipinski definition) is 17. The van der Waals surface area contributed by atoms with Gasteiger partial charge >= 0.3 is 0 Å². The fourth-order valence-electron chi connectivity index (χ4n) is 3.84. The highest BCUT2D eigenvalue weighted by Crippen LogP contribution is 2.28. The van der Waals surface area contributed by atoms with Crippen molar-refractivity contribution in [3.05, 3.63) is 38.4 Å². The van der Waals surface area contributed by atoms with E-state index in [-0.39, 0.29) is 36.3 Å². The Bertz CT molecular complexity index is 995. The summed E-state index contributed by atoms with van der Waals surface area (Å²) in [5, 5.41) is 24.8. The van der Waals surface area contributed by atoms with Crippen LogP contribution >= 0.6 is 0 Å². The van der Waals surface area contributed by atoms with Gasteiger partial charge in [0, 0.05) is 12.6 Å². The SMILES string of the molecule is CC(C)OCCOCCOCCOCCOCCOCCOCCOCCOCCOCCOCCOCCNc1ccc([N+](=O)[O-])cc1[N+](=O)[O-]. The van der Waals surface area contributed by atoms with E-state index in [1.54, 1.807) is 0 Å². The zero-order chi connectivity index (χ0) is 37.7. The van der Waals surface area contributed by atoms with Gasteiger partial charge in [-0.2, -0.15) is 0 Å². The van der Waals surface area contributed by atoms with Crippen molar-refractivity contribution in [2.24, 2.45) is 0 Å². The van der Waals surface area contributed by atoms with Crippen molar-refractivity contribution in [2.75, 3.05) is 164 Å². The molecule has 1 rings (SSSR count). The molecule has 0 fully saturated rings. The number of nitrogens with zero attached hydrogens (tertiary/aromatic N) is 2. The number of nitro groups is 2. The van der Waals surface area contributed by atoms with Crippen LogP contribution in [0, 0.1) is 20.2 Å². The van der Waals surface area contributed by atoms with Crippen LogP contribution < -0.4 is 5.32 Å². The summed E-state index contributed by atoms with van der Waals surface area (Å²) in [6.45, 7) is 15.0. The third-order valence-corrected chi connectivity index (χ3v) is 6.35. The topological polar surface area (TPSA) is 209 Å². The van der Waals surface area contributed by atoms with E-state index in [1.165, 1.54) is 12.1 Å². The Morgan fingerprint density at radius 2 is 0.788 bits per heavy atom. The van der Waals surface area contributed by atoms with Gasteiger partial charge in [-0.25, -0.2) is 0 Å². The number of non-ortho nitro benzene ring substituents is 1. The van der Waals surface area contributed by atoms with Gasteiger partial charge in [0.2, 0.25) is 0 Å². The zero-order valence-corrected chi connectivity index (χ0v) is 30.7. The number of rotatable bonds is 40. The largest absolute Gasteiger partial charge is 0.377 e. The van der Waals surface area contributed by atoms with Gasteiger partial charge in [0.05, 0.1) is 174 Å². The molecular weight excluding hydrogens is 694 g/mol. The van der Waals surface area contributed by atoms with Crippen LogP contribution in [0.3, 0.4) is 0 Å².